The summed E-state index contributed by atoms with van der Waals surface area (Å²) in [5.74, 6) is 0. The van der Waals surface area contributed by atoms with Crippen LogP contribution in [0.25, 0.3) is 0 Å². The molecule has 0 radical (unpaired) electrons. The van der Waals surface area contributed by atoms with E-state index < -0.39 is 6.10 Å². The number of methoxy groups -OCH3 is 1. The standard InChI is InChI=1S/C14H25N3O2/c1-5-15-11(2)14-7-6-12(8-16-14)17(3)9-13(18)10-19-4/h6-8,11,13,15,18H,5,9-10H2,1-4H3. The van der Waals surface area contributed by atoms with Gasteiger partial charge in [0, 0.05) is 26.7 Å². The number of aromatic nitrogens is 1. The van der Waals surface area contributed by atoms with E-state index in [2.05, 4.69) is 24.1 Å². The molecule has 1 heterocycles. The van der Waals surface area contributed by atoms with Crippen LogP contribution < -0.4 is 10.2 Å². The molecule has 2 unspecified atom stereocenters. The minimum absolute atomic E-state index is 0.253. The lowest BCUT2D eigenvalue weighted by molar-refractivity contribution is 0.0695. The minimum atomic E-state index is -0.490. The Hall–Kier alpha value is -1.17. The van der Waals surface area contributed by atoms with Gasteiger partial charge in [-0.25, -0.2) is 0 Å². The number of hydrogen-bond acceptors (Lipinski definition) is 5. The van der Waals surface area contributed by atoms with Gasteiger partial charge in [-0.3, -0.25) is 4.98 Å². The average molecular weight is 267 g/mol. The van der Waals surface area contributed by atoms with Gasteiger partial charge in [0.05, 0.1) is 30.3 Å². The fraction of sp³-hybridized carbons (Fsp3) is 0.643. The molecule has 1 aromatic heterocycles. The van der Waals surface area contributed by atoms with Gasteiger partial charge in [-0.05, 0) is 25.6 Å². The van der Waals surface area contributed by atoms with Gasteiger partial charge in [-0.2, -0.15) is 0 Å². The highest BCUT2D eigenvalue weighted by atomic mass is 16.5. The van der Waals surface area contributed by atoms with Crippen molar-refractivity contribution in [2.75, 3.05) is 38.8 Å². The molecule has 0 bridgehead atoms. The zero-order chi connectivity index (χ0) is 14.3. The molecular weight excluding hydrogens is 242 g/mol. The van der Waals surface area contributed by atoms with Crippen LogP contribution in [-0.4, -0.2) is 50.0 Å². The fourth-order valence-electron chi connectivity index (χ4n) is 1.96. The van der Waals surface area contributed by atoms with Gasteiger partial charge in [-0.1, -0.05) is 6.92 Å². The molecule has 0 spiro atoms. The first kappa shape index (κ1) is 15.9. The van der Waals surface area contributed by atoms with Crippen LogP contribution in [0.1, 0.15) is 25.6 Å². The number of rotatable bonds is 8. The first-order chi connectivity index (χ1) is 9.08. The van der Waals surface area contributed by atoms with E-state index in [4.69, 9.17) is 4.74 Å². The molecule has 2 N–H and O–H groups in total. The number of nitrogens with one attached hydrogen (secondary N) is 1. The number of hydrogen-bond donors (Lipinski definition) is 2. The van der Waals surface area contributed by atoms with E-state index in [1.807, 2.05) is 30.3 Å². The average Bonchev–Trinajstić information content (AvgIpc) is 2.39. The molecule has 0 saturated carbocycles. The molecule has 0 fully saturated rings. The Morgan fingerprint density at radius 2 is 2.21 bits per heavy atom. The summed E-state index contributed by atoms with van der Waals surface area (Å²) in [6.45, 7) is 5.96. The monoisotopic (exact) mass is 267 g/mol. The summed E-state index contributed by atoms with van der Waals surface area (Å²) in [5.41, 5.74) is 2.01. The summed E-state index contributed by atoms with van der Waals surface area (Å²) < 4.78 is 4.92. The topological polar surface area (TPSA) is 57.6 Å². The highest BCUT2D eigenvalue weighted by Gasteiger charge is 2.10. The van der Waals surface area contributed by atoms with Gasteiger partial charge >= 0.3 is 0 Å². The normalized spacial score (nSPS) is 14.2. The molecule has 2 atom stereocenters. The van der Waals surface area contributed by atoms with E-state index in [1.54, 1.807) is 7.11 Å². The molecule has 0 aliphatic heterocycles. The molecule has 0 amide bonds. The molecule has 108 valence electrons. The van der Waals surface area contributed by atoms with Crippen LogP contribution in [0, 0.1) is 0 Å². The summed E-state index contributed by atoms with van der Waals surface area (Å²) in [5, 5.41) is 13.0. The van der Waals surface area contributed by atoms with Crippen molar-refractivity contribution in [1.29, 1.82) is 0 Å². The number of aliphatic hydroxyl groups is 1. The highest BCUT2D eigenvalue weighted by Crippen LogP contribution is 2.15. The van der Waals surface area contributed by atoms with Crippen LogP contribution in [0.2, 0.25) is 0 Å². The maximum Gasteiger partial charge on any atom is 0.0947 e. The summed E-state index contributed by atoms with van der Waals surface area (Å²) >= 11 is 0. The van der Waals surface area contributed by atoms with Crippen LogP contribution in [0.15, 0.2) is 18.3 Å². The molecule has 0 aromatic carbocycles. The fourth-order valence-corrected chi connectivity index (χ4v) is 1.96. The molecule has 19 heavy (non-hydrogen) atoms. The first-order valence-electron chi connectivity index (χ1n) is 6.66. The lowest BCUT2D eigenvalue weighted by Gasteiger charge is -2.22. The van der Waals surface area contributed by atoms with Gasteiger partial charge in [0.15, 0.2) is 0 Å². The van der Waals surface area contributed by atoms with E-state index in [-0.39, 0.29) is 6.04 Å². The molecule has 5 heteroatoms. The quantitative estimate of drug-likeness (QED) is 0.741. The van der Waals surface area contributed by atoms with Crippen molar-refractivity contribution in [2.24, 2.45) is 0 Å². The van der Waals surface area contributed by atoms with Crippen LogP contribution >= 0.6 is 0 Å². The molecule has 0 aliphatic carbocycles. The van der Waals surface area contributed by atoms with Crippen LogP contribution in [0.3, 0.4) is 0 Å². The Morgan fingerprint density at radius 1 is 1.47 bits per heavy atom. The highest BCUT2D eigenvalue weighted by molar-refractivity contribution is 5.44. The van der Waals surface area contributed by atoms with Crippen LogP contribution in [-0.2, 0) is 4.74 Å². The second kappa shape index (κ2) is 8.09. The summed E-state index contributed by atoms with van der Waals surface area (Å²) in [6.07, 6.45) is 1.35. The Balaban J connectivity index is 2.60. The Bertz CT molecular complexity index is 356. The van der Waals surface area contributed by atoms with Crippen LogP contribution in [0.4, 0.5) is 5.69 Å². The third-order valence-corrected chi connectivity index (χ3v) is 3.01. The number of nitrogens with zero attached hydrogens (tertiary/aromatic N) is 2. The van der Waals surface area contributed by atoms with Gasteiger partial charge < -0.3 is 20.1 Å². The van der Waals surface area contributed by atoms with Crippen molar-refractivity contribution >= 4 is 5.69 Å². The molecule has 0 aliphatic rings. The number of pyridine rings is 1. The third-order valence-electron chi connectivity index (χ3n) is 3.01. The maximum atomic E-state index is 9.70. The van der Waals surface area contributed by atoms with Crippen molar-refractivity contribution in [2.45, 2.75) is 26.0 Å². The summed E-state index contributed by atoms with van der Waals surface area (Å²) in [6, 6.07) is 4.29. The van der Waals surface area contributed by atoms with Crippen molar-refractivity contribution in [3.05, 3.63) is 24.0 Å². The predicted octanol–water partition coefficient (Wildman–Crippen LogP) is 1.20. The Kier molecular flexibility index (Phi) is 6.77. The van der Waals surface area contributed by atoms with Crippen LogP contribution in [0.5, 0.6) is 0 Å². The van der Waals surface area contributed by atoms with E-state index in [9.17, 15) is 5.11 Å². The third kappa shape index (κ3) is 5.14. The number of aliphatic hydroxyl groups excluding tert-OH is 1. The van der Waals surface area contributed by atoms with Gasteiger partial charge in [-0.15, -0.1) is 0 Å². The molecular formula is C14H25N3O2. The number of ether oxygens (including phenoxy) is 1. The largest absolute Gasteiger partial charge is 0.389 e. The second-order valence-corrected chi connectivity index (χ2v) is 4.71. The number of likely N-dealkylation sites (N-methyl/N-ethyl adjacent to an activating group) is 1. The van der Waals surface area contributed by atoms with Gasteiger partial charge in [0.25, 0.3) is 0 Å². The predicted molar refractivity (Wildman–Crippen MR) is 77.5 cm³/mol. The molecule has 1 rings (SSSR count). The summed E-state index contributed by atoms with van der Waals surface area (Å²) in [4.78, 5) is 6.43. The number of anilines is 1. The zero-order valence-corrected chi connectivity index (χ0v) is 12.3. The van der Waals surface area contributed by atoms with Crippen molar-refractivity contribution in [3.8, 4) is 0 Å². The Labute approximate surface area is 115 Å². The maximum absolute atomic E-state index is 9.70. The van der Waals surface area contributed by atoms with Gasteiger partial charge in [0.2, 0.25) is 0 Å². The first-order valence-corrected chi connectivity index (χ1v) is 6.66. The Morgan fingerprint density at radius 3 is 2.74 bits per heavy atom. The van der Waals surface area contributed by atoms with E-state index in [1.165, 1.54) is 0 Å². The molecule has 1 aromatic rings. The summed E-state index contributed by atoms with van der Waals surface area (Å²) in [7, 11) is 3.52. The molecule has 5 nitrogen and oxygen atoms in total. The lowest BCUT2D eigenvalue weighted by Crippen LogP contribution is -2.32. The molecule has 0 saturated heterocycles. The lowest BCUT2D eigenvalue weighted by atomic mass is 10.2. The second-order valence-electron chi connectivity index (χ2n) is 4.71. The van der Waals surface area contributed by atoms with Crippen molar-refractivity contribution < 1.29 is 9.84 Å². The van der Waals surface area contributed by atoms with Crippen molar-refractivity contribution in [3.63, 3.8) is 0 Å². The smallest absolute Gasteiger partial charge is 0.0947 e. The van der Waals surface area contributed by atoms with Gasteiger partial charge in [0.1, 0.15) is 0 Å². The van der Waals surface area contributed by atoms with E-state index in [0.29, 0.717) is 13.2 Å². The minimum Gasteiger partial charge on any atom is -0.389 e. The SMILES string of the molecule is CCNC(C)c1ccc(N(C)CC(O)COC)cn1. The van der Waals surface area contributed by atoms with E-state index >= 15 is 0 Å². The van der Waals surface area contributed by atoms with E-state index in [0.717, 1.165) is 17.9 Å². The van der Waals surface area contributed by atoms with Crippen molar-refractivity contribution in [1.82, 2.24) is 10.3 Å². The zero-order valence-electron chi connectivity index (χ0n) is 12.3.